The molecule has 0 aliphatic rings. The first-order chi connectivity index (χ1) is 7.21. The van der Waals surface area contributed by atoms with Crippen LogP contribution < -0.4 is 10.6 Å². The predicted molar refractivity (Wildman–Crippen MR) is 74.6 cm³/mol. The Bertz CT molecular complexity index is 384. The van der Waals surface area contributed by atoms with Crippen molar-refractivity contribution in [1.29, 1.82) is 0 Å². The normalized spacial score (nSPS) is 11.3. The highest BCUT2D eigenvalue weighted by atomic mass is 35.7. The highest BCUT2D eigenvalue weighted by Gasteiger charge is 2.35. The Labute approximate surface area is 97.9 Å². The van der Waals surface area contributed by atoms with Crippen LogP contribution in [0.25, 0.3) is 0 Å². The summed E-state index contributed by atoms with van der Waals surface area (Å²) in [5.41, 5.74) is 0. The van der Waals surface area contributed by atoms with Crippen molar-refractivity contribution in [2.24, 2.45) is 0 Å². The SMILES string of the molecule is P[P+](Cl)(c1ccccc1)c1ccccc1. The molecule has 0 saturated carbocycles. The standard InChI is InChI=1S/C12H12ClP2/c13-15(14,11-7-3-1-4-8-11)12-9-5-2-6-10-12/h1-10H,14H2/q+1. The molecule has 0 amide bonds. The largest absolute Gasteiger partial charge is 0.190 e. The lowest BCUT2D eigenvalue weighted by atomic mass is 10.4. The highest BCUT2D eigenvalue weighted by Crippen LogP contribution is 2.68. The van der Waals surface area contributed by atoms with Gasteiger partial charge in [0.25, 0.3) is 0 Å². The lowest BCUT2D eigenvalue weighted by molar-refractivity contribution is 1.76. The number of benzene rings is 2. The van der Waals surface area contributed by atoms with E-state index in [1.54, 1.807) is 0 Å². The highest BCUT2D eigenvalue weighted by molar-refractivity contribution is 8.45. The van der Waals surface area contributed by atoms with Gasteiger partial charge in [0.15, 0.2) is 6.30 Å². The third kappa shape index (κ3) is 2.40. The van der Waals surface area contributed by atoms with Crippen molar-refractivity contribution in [3.63, 3.8) is 0 Å². The Hall–Kier alpha value is -0.410. The van der Waals surface area contributed by atoms with Crippen LogP contribution in [0.5, 0.6) is 0 Å². The number of hydrogen-bond acceptors (Lipinski definition) is 0. The predicted octanol–water partition coefficient (Wildman–Crippen LogP) is 3.60. The van der Waals surface area contributed by atoms with Gasteiger partial charge in [-0.15, -0.1) is 0 Å². The summed E-state index contributed by atoms with van der Waals surface area (Å²) in [7, 11) is 2.82. The lowest BCUT2D eigenvalue weighted by Crippen LogP contribution is -2.12. The van der Waals surface area contributed by atoms with Crippen LogP contribution in [0, 0.1) is 0 Å². The van der Waals surface area contributed by atoms with E-state index in [9.17, 15) is 0 Å². The average Bonchev–Trinajstić information content (AvgIpc) is 2.31. The number of halogens is 1. The molecular weight excluding hydrogens is 242 g/mol. The Morgan fingerprint density at radius 2 is 1.07 bits per heavy atom. The Morgan fingerprint density at radius 3 is 1.40 bits per heavy atom. The Kier molecular flexibility index (Phi) is 3.42. The van der Waals surface area contributed by atoms with Crippen LogP contribution in [0.3, 0.4) is 0 Å². The summed E-state index contributed by atoms with van der Waals surface area (Å²) in [6.45, 7) is 0. The maximum Gasteiger partial charge on any atom is 0.190 e. The molecule has 0 radical (unpaired) electrons. The smallest absolute Gasteiger partial charge is 0.0620 e. The Morgan fingerprint density at radius 1 is 0.733 bits per heavy atom. The van der Waals surface area contributed by atoms with Gasteiger partial charge in [0.05, 0.1) is 8.93 Å². The van der Waals surface area contributed by atoms with Gasteiger partial charge in [-0.3, -0.25) is 0 Å². The summed E-state index contributed by atoms with van der Waals surface area (Å²) >= 11 is 6.66. The zero-order chi connectivity index (χ0) is 10.7. The van der Waals surface area contributed by atoms with Gasteiger partial charge in [-0.05, 0) is 24.3 Å². The van der Waals surface area contributed by atoms with E-state index in [0.29, 0.717) is 0 Å². The van der Waals surface area contributed by atoms with Gasteiger partial charge < -0.3 is 0 Å². The van der Waals surface area contributed by atoms with Crippen LogP contribution in [0.2, 0.25) is 0 Å². The van der Waals surface area contributed by atoms with Gasteiger partial charge in [0.1, 0.15) is 21.8 Å². The fourth-order valence-corrected chi connectivity index (χ4v) is 4.66. The monoisotopic (exact) mass is 253 g/mol. The first-order valence-corrected chi connectivity index (χ1v) is 9.01. The van der Waals surface area contributed by atoms with Crippen molar-refractivity contribution >= 4 is 37.1 Å². The third-order valence-electron chi connectivity index (χ3n) is 2.26. The quantitative estimate of drug-likeness (QED) is 0.718. The van der Waals surface area contributed by atoms with E-state index in [4.69, 9.17) is 11.2 Å². The first kappa shape index (κ1) is 11.1. The molecule has 0 fully saturated rings. The van der Waals surface area contributed by atoms with E-state index >= 15 is 0 Å². The maximum absolute atomic E-state index is 6.66. The molecule has 0 aliphatic heterocycles. The zero-order valence-electron chi connectivity index (χ0n) is 8.18. The minimum absolute atomic E-state index is 1.20. The molecular formula is C12H12ClP2+. The molecule has 1 unspecified atom stereocenters. The molecule has 0 aliphatic carbocycles. The molecule has 0 spiro atoms. The maximum atomic E-state index is 6.66. The van der Waals surface area contributed by atoms with Crippen molar-refractivity contribution in [3.8, 4) is 0 Å². The molecule has 1 atom stereocenters. The second kappa shape index (κ2) is 4.62. The van der Waals surface area contributed by atoms with Crippen molar-refractivity contribution < 1.29 is 0 Å². The first-order valence-electron chi connectivity index (χ1n) is 4.70. The average molecular weight is 254 g/mol. The Balaban J connectivity index is 2.44. The number of hydrogen-bond donors (Lipinski definition) is 0. The summed E-state index contributed by atoms with van der Waals surface area (Å²) in [4.78, 5) is 0. The summed E-state index contributed by atoms with van der Waals surface area (Å²) in [6.07, 6.45) is -1.76. The van der Waals surface area contributed by atoms with E-state index in [-0.39, 0.29) is 0 Å². The fraction of sp³-hybridized carbons (Fsp3) is 0. The van der Waals surface area contributed by atoms with Crippen LogP contribution >= 0.6 is 26.5 Å². The molecule has 15 heavy (non-hydrogen) atoms. The molecule has 0 saturated heterocycles. The fourth-order valence-electron chi connectivity index (χ4n) is 1.44. The molecule has 2 rings (SSSR count). The second-order valence-corrected chi connectivity index (χ2v) is 10.5. The zero-order valence-corrected chi connectivity index (χ0v) is 11.0. The summed E-state index contributed by atoms with van der Waals surface area (Å²) in [5.74, 6) is 0. The molecule has 2 aromatic carbocycles. The van der Waals surface area contributed by atoms with Gasteiger partial charge in [0.2, 0.25) is 0 Å². The summed E-state index contributed by atoms with van der Waals surface area (Å²) in [6, 6.07) is 20.5. The van der Waals surface area contributed by atoms with Gasteiger partial charge >= 0.3 is 0 Å². The van der Waals surface area contributed by atoms with Crippen molar-refractivity contribution in [2.45, 2.75) is 0 Å². The number of rotatable bonds is 2. The molecule has 2 aromatic rings. The molecule has 0 nitrogen and oxygen atoms in total. The lowest BCUT2D eigenvalue weighted by Gasteiger charge is -2.12. The molecule has 0 bridgehead atoms. The van der Waals surface area contributed by atoms with Gasteiger partial charge in [0, 0.05) is 0 Å². The minimum Gasteiger partial charge on any atom is -0.0620 e. The van der Waals surface area contributed by atoms with E-state index in [1.807, 2.05) is 36.4 Å². The topological polar surface area (TPSA) is 0 Å². The van der Waals surface area contributed by atoms with Gasteiger partial charge in [-0.25, -0.2) is 0 Å². The van der Waals surface area contributed by atoms with Crippen LogP contribution in [-0.2, 0) is 0 Å². The van der Waals surface area contributed by atoms with E-state index in [0.717, 1.165) is 0 Å². The van der Waals surface area contributed by atoms with Gasteiger partial charge in [-0.2, -0.15) is 0 Å². The summed E-state index contributed by atoms with van der Waals surface area (Å²) in [5, 5.41) is 2.39. The van der Waals surface area contributed by atoms with E-state index in [2.05, 4.69) is 33.2 Å². The van der Waals surface area contributed by atoms with Crippen molar-refractivity contribution in [3.05, 3.63) is 60.7 Å². The molecule has 0 N–H and O–H groups in total. The van der Waals surface area contributed by atoms with Crippen molar-refractivity contribution in [2.75, 3.05) is 0 Å². The van der Waals surface area contributed by atoms with E-state index in [1.165, 1.54) is 10.6 Å². The minimum atomic E-state index is -1.76. The van der Waals surface area contributed by atoms with Crippen LogP contribution in [0.15, 0.2) is 60.7 Å². The van der Waals surface area contributed by atoms with E-state index < -0.39 is 6.30 Å². The molecule has 0 heterocycles. The van der Waals surface area contributed by atoms with Crippen LogP contribution in [0.4, 0.5) is 0 Å². The van der Waals surface area contributed by atoms with Gasteiger partial charge in [-0.1, -0.05) is 36.4 Å². The third-order valence-corrected chi connectivity index (χ3v) is 7.32. The second-order valence-electron chi connectivity index (χ2n) is 3.31. The van der Waals surface area contributed by atoms with Crippen molar-refractivity contribution in [1.82, 2.24) is 0 Å². The summed E-state index contributed by atoms with van der Waals surface area (Å²) < 4.78 is 0. The molecule has 3 heteroatoms. The van der Waals surface area contributed by atoms with Crippen LogP contribution in [0.1, 0.15) is 0 Å². The van der Waals surface area contributed by atoms with Crippen LogP contribution in [-0.4, -0.2) is 0 Å². The molecule has 0 aromatic heterocycles. The molecule has 76 valence electrons.